The molecule has 1 N–H and O–H groups in total. The van der Waals surface area contributed by atoms with Crippen LogP contribution in [0.15, 0.2) is 21.7 Å². The minimum absolute atomic E-state index is 0.343. The van der Waals surface area contributed by atoms with E-state index in [1.165, 1.54) is 7.11 Å². The molecule has 2 rings (SSSR count). The maximum atomic E-state index is 11.6. The summed E-state index contributed by atoms with van der Waals surface area (Å²) in [6.45, 7) is 0. The zero-order chi connectivity index (χ0) is 12.3. The Morgan fingerprint density at radius 3 is 3.24 bits per heavy atom. The van der Waals surface area contributed by atoms with Gasteiger partial charge in [-0.15, -0.1) is 0 Å². The van der Waals surface area contributed by atoms with Crippen LogP contribution in [-0.4, -0.2) is 29.3 Å². The van der Waals surface area contributed by atoms with Crippen LogP contribution in [0, 0.1) is 0 Å². The van der Waals surface area contributed by atoms with Gasteiger partial charge in [0.05, 0.1) is 41.7 Å². The van der Waals surface area contributed by atoms with E-state index in [1.54, 1.807) is 12.4 Å². The first-order valence-corrected chi connectivity index (χ1v) is 5.90. The summed E-state index contributed by atoms with van der Waals surface area (Å²) in [4.78, 5) is 18.8. The number of hydrogen-bond acceptors (Lipinski definition) is 4. The molecule has 17 heavy (non-hydrogen) atoms. The molecular weight excluding hydrogens is 333 g/mol. The van der Waals surface area contributed by atoms with E-state index >= 15 is 0 Å². The van der Waals surface area contributed by atoms with E-state index in [2.05, 4.69) is 13.2 Å². The number of aromatic nitrogens is 2. The van der Waals surface area contributed by atoms with Gasteiger partial charge in [0, 0.05) is 24.2 Å². The number of halogens is 1. The maximum Gasteiger partial charge on any atom is 0.356 e. The highest BCUT2D eigenvalue weighted by Gasteiger charge is 2.16. The Kier molecular flexibility index (Phi) is 3.72. The van der Waals surface area contributed by atoms with Gasteiger partial charge in [-0.2, -0.15) is 0 Å². The van der Waals surface area contributed by atoms with E-state index in [1.807, 2.05) is 35.1 Å². The van der Waals surface area contributed by atoms with Crippen LogP contribution in [0.3, 0.4) is 0 Å². The lowest BCUT2D eigenvalue weighted by Crippen LogP contribution is -2.09. The fourth-order valence-corrected chi connectivity index (χ4v) is 1.89. The zero-order valence-electron chi connectivity index (χ0n) is 9.11. The Bertz CT molecular complexity index is 577. The standard InChI is InChI=1S/C11H10IN3O2/c1-17-11(16)10-8(3-5-15-12)7-2-4-13-9(7)6-14-10/h2,4-6,13H,3H2,1H3/b15-5+. The third-order valence-electron chi connectivity index (χ3n) is 2.46. The smallest absolute Gasteiger partial charge is 0.356 e. The molecule has 2 aromatic heterocycles. The number of fused-ring (bicyclic) bond motifs is 1. The average molecular weight is 343 g/mol. The second-order valence-corrected chi connectivity index (χ2v) is 3.92. The van der Waals surface area contributed by atoms with E-state index < -0.39 is 5.97 Å². The lowest BCUT2D eigenvalue weighted by Gasteiger charge is -2.06. The van der Waals surface area contributed by atoms with Crippen LogP contribution in [0.2, 0.25) is 0 Å². The molecule has 2 heterocycles. The molecule has 0 saturated carbocycles. The Morgan fingerprint density at radius 1 is 1.71 bits per heavy atom. The van der Waals surface area contributed by atoms with Gasteiger partial charge in [-0.25, -0.2) is 13.0 Å². The zero-order valence-corrected chi connectivity index (χ0v) is 11.3. The summed E-state index contributed by atoms with van der Waals surface area (Å²) in [5, 5.41) is 0.969. The number of rotatable bonds is 3. The molecule has 0 bridgehead atoms. The van der Waals surface area contributed by atoms with Gasteiger partial charge in [0.2, 0.25) is 0 Å². The topological polar surface area (TPSA) is 67.3 Å². The fraction of sp³-hybridized carbons (Fsp3) is 0.182. The van der Waals surface area contributed by atoms with Crippen molar-refractivity contribution in [3.8, 4) is 0 Å². The summed E-state index contributed by atoms with van der Waals surface area (Å²) in [5.74, 6) is -0.426. The number of nitrogens with one attached hydrogen (secondary N) is 1. The Hall–Kier alpha value is -1.44. The first-order chi connectivity index (χ1) is 8.27. The van der Waals surface area contributed by atoms with E-state index in [0.29, 0.717) is 12.1 Å². The summed E-state index contributed by atoms with van der Waals surface area (Å²) >= 11 is 1.90. The molecule has 0 aliphatic carbocycles. The largest absolute Gasteiger partial charge is 0.464 e. The quantitative estimate of drug-likeness (QED) is 0.528. The summed E-state index contributed by atoms with van der Waals surface area (Å²) in [7, 11) is 1.35. The fourth-order valence-electron chi connectivity index (χ4n) is 1.69. The Morgan fingerprint density at radius 2 is 2.53 bits per heavy atom. The lowest BCUT2D eigenvalue weighted by molar-refractivity contribution is 0.0593. The van der Waals surface area contributed by atoms with Gasteiger partial charge in [0.15, 0.2) is 5.69 Å². The molecule has 0 atom stereocenters. The molecule has 0 amide bonds. The average Bonchev–Trinajstić information content (AvgIpc) is 2.83. The van der Waals surface area contributed by atoms with Crippen LogP contribution in [0.5, 0.6) is 0 Å². The number of methoxy groups -OCH3 is 1. The number of aromatic amines is 1. The lowest BCUT2D eigenvalue weighted by atomic mass is 10.1. The molecule has 0 saturated heterocycles. The highest BCUT2D eigenvalue weighted by Crippen LogP contribution is 2.20. The number of hydrogen-bond donors (Lipinski definition) is 1. The monoisotopic (exact) mass is 343 g/mol. The van der Waals surface area contributed by atoms with Gasteiger partial charge in [-0.05, 0) is 11.6 Å². The Balaban J connectivity index is 2.61. The van der Waals surface area contributed by atoms with Gasteiger partial charge < -0.3 is 9.72 Å². The van der Waals surface area contributed by atoms with Crippen LogP contribution in [-0.2, 0) is 11.2 Å². The van der Waals surface area contributed by atoms with Crippen molar-refractivity contribution in [3.63, 3.8) is 0 Å². The summed E-state index contributed by atoms with van der Waals surface area (Å²) < 4.78 is 8.63. The SMILES string of the molecule is COC(=O)c1ncc2[nH]ccc2c1C/C=N/I. The summed E-state index contributed by atoms with van der Waals surface area (Å²) in [6.07, 6.45) is 5.73. The Labute approximate surface area is 112 Å². The van der Waals surface area contributed by atoms with Gasteiger partial charge in [-0.3, -0.25) is 0 Å². The highest BCUT2D eigenvalue weighted by molar-refractivity contribution is 14.1. The molecule has 0 aromatic carbocycles. The second kappa shape index (κ2) is 5.26. The summed E-state index contributed by atoms with van der Waals surface area (Å²) in [5.41, 5.74) is 2.07. The molecule has 0 fully saturated rings. The molecule has 0 unspecified atom stereocenters. The predicted octanol–water partition coefficient (Wildman–Crippen LogP) is 2.31. The van der Waals surface area contributed by atoms with Gasteiger partial charge in [0.25, 0.3) is 0 Å². The summed E-state index contributed by atoms with van der Waals surface area (Å²) in [6, 6.07) is 1.92. The van der Waals surface area contributed by atoms with Crippen molar-refractivity contribution >= 4 is 46.0 Å². The van der Waals surface area contributed by atoms with Crippen molar-refractivity contribution in [2.75, 3.05) is 7.11 Å². The van der Waals surface area contributed by atoms with Crippen LogP contribution < -0.4 is 0 Å². The number of carbonyl (C=O) groups is 1. The van der Waals surface area contributed by atoms with Crippen molar-refractivity contribution in [2.24, 2.45) is 3.21 Å². The molecule has 0 aliphatic heterocycles. The molecule has 88 valence electrons. The van der Waals surface area contributed by atoms with E-state index in [4.69, 9.17) is 4.74 Å². The van der Waals surface area contributed by atoms with Crippen molar-refractivity contribution in [2.45, 2.75) is 6.42 Å². The van der Waals surface area contributed by atoms with E-state index in [-0.39, 0.29) is 0 Å². The number of pyridine rings is 1. The predicted molar refractivity (Wildman–Crippen MR) is 73.6 cm³/mol. The number of H-pyrrole nitrogens is 1. The van der Waals surface area contributed by atoms with E-state index in [0.717, 1.165) is 16.5 Å². The molecule has 2 aromatic rings. The van der Waals surface area contributed by atoms with Crippen molar-refractivity contribution in [3.05, 3.63) is 29.7 Å². The molecule has 6 heteroatoms. The number of ether oxygens (including phenoxy) is 1. The molecule has 0 radical (unpaired) electrons. The second-order valence-electron chi connectivity index (χ2n) is 3.37. The van der Waals surface area contributed by atoms with E-state index in [9.17, 15) is 4.79 Å². The number of esters is 1. The number of nitrogens with zero attached hydrogens (tertiary/aromatic N) is 2. The minimum Gasteiger partial charge on any atom is -0.464 e. The highest BCUT2D eigenvalue weighted by atomic mass is 127. The van der Waals surface area contributed by atoms with Crippen molar-refractivity contribution in [1.29, 1.82) is 0 Å². The minimum atomic E-state index is -0.426. The first-order valence-electron chi connectivity index (χ1n) is 4.94. The van der Waals surface area contributed by atoms with Gasteiger partial charge >= 0.3 is 5.97 Å². The van der Waals surface area contributed by atoms with Crippen molar-refractivity contribution < 1.29 is 9.53 Å². The molecule has 0 aliphatic rings. The molecule has 5 nitrogen and oxygen atoms in total. The first kappa shape index (κ1) is 12.0. The van der Waals surface area contributed by atoms with Crippen LogP contribution in [0.4, 0.5) is 0 Å². The van der Waals surface area contributed by atoms with Gasteiger partial charge in [-0.1, -0.05) is 0 Å². The molecule has 0 spiro atoms. The van der Waals surface area contributed by atoms with Gasteiger partial charge in [0.1, 0.15) is 0 Å². The van der Waals surface area contributed by atoms with Crippen LogP contribution >= 0.6 is 22.9 Å². The normalized spacial score (nSPS) is 11.2. The third kappa shape index (κ3) is 2.31. The van der Waals surface area contributed by atoms with Crippen LogP contribution in [0.25, 0.3) is 10.9 Å². The van der Waals surface area contributed by atoms with Crippen LogP contribution in [0.1, 0.15) is 16.1 Å². The molecular formula is C11H10IN3O2. The third-order valence-corrected chi connectivity index (χ3v) is 2.85. The van der Waals surface area contributed by atoms with Crippen molar-refractivity contribution in [1.82, 2.24) is 9.97 Å². The maximum absolute atomic E-state index is 11.6. The number of carbonyl (C=O) groups excluding carboxylic acids is 1.